The van der Waals surface area contributed by atoms with Crippen LogP contribution in [0.4, 0.5) is 8.78 Å². The van der Waals surface area contributed by atoms with Crippen molar-refractivity contribution in [2.75, 3.05) is 13.2 Å². The molecule has 2 N–H and O–H groups in total. The van der Waals surface area contributed by atoms with Crippen molar-refractivity contribution in [3.05, 3.63) is 30.1 Å². The maximum absolute atomic E-state index is 13.3. The van der Waals surface area contributed by atoms with Crippen LogP contribution in [0.5, 0.6) is 0 Å². The summed E-state index contributed by atoms with van der Waals surface area (Å²) in [6, 6.07) is 2.05. The zero-order valence-corrected chi connectivity index (χ0v) is 11.3. The number of nitrogens with zero attached hydrogens (tertiary/aromatic N) is 2. The van der Waals surface area contributed by atoms with Crippen LogP contribution in [0.3, 0.4) is 0 Å². The van der Waals surface area contributed by atoms with Gasteiger partial charge in [-0.2, -0.15) is 0 Å². The highest BCUT2D eigenvalue weighted by Gasteiger charge is 2.37. The second-order valence-electron chi connectivity index (χ2n) is 5.38. The number of aromatic nitrogens is 2. The first-order valence-electron chi connectivity index (χ1n) is 6.78. The Balaban J connectivity index is 1.86. The molecule has 0 spiro atoms. The van der Waals surface area contributed by atoms with E-state index < -0.39 is 23.3 Å². The van der Waals surface area contributed by atoms with Crippen LogP contribution in [0.2, 0.25) is 0 Å². The molecule has 3 rings (SSSR count). The van der Waals surface area contributed by atoms with Gasteiger partial charge in [0.15, 0.2) is 11.6 Å². The predicted octanol–water partition coefficient (Wildman–Crippen LogP) is 1.22. The second-order valence-corrected chi connectivity index (χ2v) is 5.38. The molecule has 0 radical (unpaired) electrons. The third kappa shape index (κ3) is 2.64. The zero-order valence-electron chi connectivity index (χ0n) is 11.3. The third-order valence-electron chi connectivity index (χ3n) is 4.01. The molecule has 1 atom stereocenters. The van der Waals surface area contributed by atoms with Crippen molar-refractivity contribution in [2.24, 2.45) is 0 Å². The number of rotatable bonds is 3. The Kier molecular flexibility index (Phi) is 3.64. The fraction of sp³-hybridized carbons (Fsp3) is 0.500. The highest BCUT2D eigenvalue weighted by Crippen LogP contribution is 2.26. The number of fused-ring (bicyclic) bond motifs is 1. The lowest BCUT2D eigenvalue weighted by atomic mass is 9.88. The van der Waals surface area contributed by atoms with E-state index in [-0.39, 0.29) is 6.54 Å². The standard InChI is InChI=1S/C14H16F2N2O3/c15-9-5-11-12(6-10(9)16)18(8-17-11)7-13(19)14(20)1-3-21-4-2-14/h5-6,8,13,19-20H,1-4,7H2. The minimum absolute atomic E-state index is 0.0536. The summed E-state index contributed by atoms with van der Waals surface area (Å²) in [4.78, 5) is 3.98. The van der Waals surface area contributed by atoms with Crippen LogP contribution in [0, 0.1) is 11.6 Å². The number of halogens is 2. The molecule has 1 aliphatic rings. The molecule has 1 fully saturated rings. The van der Waals surface area contributed by atoms with E-state index in [1.54, 1.807) is 0 Å². The Hall–Kier alpha value is -1.57. The second kappa shape index (κ2) is 5.32. The van der Waals surface area contributed by atoms with Crippen LogP contribution >= 0.6 is 0 Å². The highest BCUT2D eigenvalue weighted by atomic mass is 19.2. The maximum atomic E-state index is 13.3. The third-order valence-corrected chi connectivity index (χ3v) is 4.01. The first kappa shape index (κ1) is 14.4. The van der Waals surface area contributed by atoms with Crippen molar-refractivity contribution in [3.8, 4) is 0 Å². The number of aliphatic hydroxyl groups excluding tert-OH is 1. The average molecular weight is 298 g/mol. The van der Waals surface area contributed by atoms with Crippen molar-refractivity contribution < 1.29 is 23.7 Å². The smallest absolute Gasteiger partial charge is 0.161 e. The lowest BCUT2D eigenvalue weighted by Gasteiger charge is -2.36. The summed E-state index contributed by atoms with van der Waals surface area (Å²) < 4.78 is 33.2. The number of ether oxygens (including phenoxy) is 1. The monoisotopic (exact) mass is 298 g/mol. The number of imidazole rings is 1. The number of hydrogen-bond acceptors (Lipinski definition) is 4. The van der Waals surface area contributed by atoms with Gasteiger partial charge in [-0.15, -0.1) is 0 Å². The normalized spacial score (nSPS) is 19.8. The molecule has 0 bridgehead atoms. The Morgan fingerprint density at radius 1 is 1.29 bits per heavy atom. The van der Waals surface area contributed by atoms with Gasteiger partial charge in [0, 0.05) is 38.2 Å². The van der Waals surface area contributed by atoms with E-state index in [2.05, 4.69) is 4.98 Å². The van der Waals surface area contributed by atoms with Crippen LogP contribution in [0.15, 0.2) is 18.5 Å². The van der Waals surface area contributed by atoms with Crippen molar-refractivity contribution in [2.45, 2.75) is 31.1 Å². The Morgan fingerprint density at radius 2 is 1.95 bits per heavy atom. The van der Waals surface area contributed by atoms with E-state index in [0.717, 1.165) is 12.1 Å². The summed E-state index contributed by atoms with van der Waals surface area (Å²) in [7, 11) is 0. The van der Waals surface area contributed by atoms with E-state index in [1.807, 2.05) is 0 Å². The lowest BCUT2D eigenvalue weighted by Crippen LogP contribution is -2.48. The van der Waals surface area contributed by atoms with E-state index in [4.69, 9.17) is 4.74 Å². The van der Waals surface area contributed by atoms with Crippen LogP contribution < -0.4 is 0 Å². The van der Waals surface area contributed by atoms with Crippen molar-refractivity contribution in [1.29, 1.82) is 0 Å². The van der Waals surface area contributed by atoms with Crippen molar-refractivity contribution >= 4 is 11.0 Å². The highest BCUT2D eigenvalue weighted by molar-refractivity contribution is 5.75. The fourth-order valence-electron chi connectivity index (χ4n) is 2.61. The van der Waals surface area contributed by atoms with Gasteiger partial charge in [-0.05, 0) is 0 Å². The lowest BCUT2D eigenvalue weighted by molar-refractivity contribution is -0.135. The van der Waals surface area contributed by atoms with Gasteiger partial charge in [0.2, 0.25) is 0 Å². The van der Waals surface area contributed by atoms with Gasteiger partial charge in [0.1, 0.15) is 6.10 Å². The minimum Gasteiger partial charge on any atom is -0.388 e. The molecule has 0 amide bonds. The van der Waals surface area contributed by atoms with Gasteiger partial charge in [0.05, 0.1) is 29.5 Å². The molecule has 1 aliphatic heterocycles. The van der Waals surface area contributed by atoms with Gasteiger partial charge in [-0.1, -0.05) is 0 Å². The first-order valence-corrected chi connectivity index (χ1v) is 6.78. The molecule has 1 aromatic heterocycles. The molecule has 5 nitrogen and oxygen atoms in total. The molecule has 21 heavy (non-hydrogen) atoms. The van der Waals surface area contributed by atoms with E-state index in [1.165, 1.54) is 10.9 Å². The number of benzene rings is 1. The number of hydrogen-bond donors (Lipinski definition) is 2. The van der Waals surface area contributed by atoms with Crippen LogP contribution in [0.1, 0.15) is 12.8 Å². The van der Waals surface area contributed by atoms with Crippen LogP contribution in [-0.2, 0) is 11.3 Å². The molecule has 1 unspecified atom stereocenters. The average Bonchev–Trinajstić information content (AvgIpc) is 2.82. The fourth-order valence-corrected chi connectivity index (χ4v) is 2.61. The summed E-state index contributed by atoms with van der Waals surface area (Å²) in [5, 5.41) is 20.7. The largest absolute Gasteiger partial charge is 0.388 e. The van der Waals surface area contributed by atoms with Crippen molar-refractivity contribution in [1.82, 2.24) is 9.55 Å². The summed E-state index contributed by atoms with van der Waals surface area (Å²) in [6.07, 6.45) is 1.04. The van der Waals surface area contributed by atoms with Gasteiger partial charge >= 0.3 is 0 Å². The molecule has 0 saturated carbocycles. The Morgan fingerprint density at radius 3 is 2.67 bits per heavy atom. The molecule has 1 saturated heterocycles. The quantitative estimate of drug-likeness (QED) is 0.894. The Labute approximate surface area is 119 Å². The predicted molar refractivity (Wildman–Crippen MR) is 70.7 cm³/mol. The van der Waals surface area contributed by atoms with Gasteiger partial charge < -0.3 is 19.5 Å². The van der Waals surface area contributed by atoms with Gasteiger partial charge in [-0.3, -0.25) is 0 Å². The molecule has 2 aromatic rings. The maximum Gasteiger partial charge on any atom is 0.161 e. The molecule has 114 valence electrons. The molecular weight excluding hydrogens is 282 g/mol. The first-order chi connectivity index (χ1) is 9.99. The van der Waals surface area contributed by atoms with Crippen molar-refractivity contribution in [3.63, 3.8) is 0 Å². The van der Waals surface area contributed by atoms with E-state index in [9.17, 15) is 19.0 Å². The number of aliphatic hydroxyl groups is 2. The van der Waals surface area contributed by atoms with Crippen LogP contribution in [0.25, 0.3) is 11.0 Å². The summed E-state index contributed by atoms with van der Waals surface area (Å²) >= 11 is 0. The molecular formula is C14H16F2N2O3. The van der Waals surface area contributed by atoms with E-state index in [0.29, 0.717) is 37.1 Å². The SMILES string of the molecule is OC(Cn1cnc2cc(F)c(F)cc21)C1(O)CCOCC1. The molecule has 1 aromatic carbocycles. The molecule has 0 aliphatic carbocycles. The summed E-state index contributed by atoms with van der Waals surface area (Å²) in [5.74, 6) is -1.93. The summed E-state index contributed by atoms with van der Waals surface area (Å²) in [5.41, 5.74) is -0.545. The molecule has 7 heteroatoms. The van der Waals surface area contributed by atoms with Crippen LogP contribution in [-0.4, -0.2) is 44.7 Å². The van der Waals surface area contributed by atoms with Gasteiger partial charge in [-0.25, -0.2) is 13.8 Å². The van der Waals surface area contributed by atoms with E-state index >= 15 is 0 Å². The summed E-state index contributed by atoms with van der Waals surface area (Å²) in [6.45, 7) is 0.828. The minimum atomic E-state index is -1.23. The topological polar surface area (TPSA) is 67.5 Å². The van der Waals surface area contributed by atoms with Gasteiger partial charge in [0.25, 0.3) is 0 Å². The Bertz CT molecular complexity index is 653. The molecule has 2 heterocycles. The zero-order chi connectivity index (χ0) is 15.0.